The van der Waals surface area contributed by atoms with Crippen molar-refractivity contribution in [2.24, 2.45) is 0 Å². The number of benzene rings is 1. The molecule has 0 spiro atoms. The minimum Gasteiger partial charge on any atom is -0.461 e. The monoisotopic (exact) mass is 233 g/mol. The van der Waals surface area contributed by atoms with Crippen molar-refractivity contribution >= 4 is 16.9 Å². The highest BCUT2D eigenvalue weighted by molar-refractivity contribution is 5.88. The number of nitrogens with one attached hydrogen (secondary N) is 1. The summed E-state index contributed by atoms with van der Waals surface area (Å²) < 4.78 is 18.6. The van der Waals surface area contributed by atoms with Crippen LogP contribution < -0.4 is 5.32 Å². The van der Waals surface area contributed by atoms with Gasteiger partial charge in [0.2, 0.25) is 5.91 Å². The van der Waals surface area contributed by atoms with Crippen molar-refractivity contribution < 1.29 is 13.6 Å². The van der Waals surface area contributed by atoms with Gasteiger partial charge < -0.3 is 9.73 Å². The predicted octanol–water partition coefficient (Wildman–Crippen LogP) is 2.94. The van der Waals surface area contributed by atoms with Crippen LogP contribution in [0.1, 0.15) is 18.5 Å². The molecule has 1 atom stereocenters. The summed E-state index contributed by atoms with van der Waals surface area (Å²) in [5.41, 5.74) is 0.955. The van der Waals surface area contributed by atoms with Crippen LogP contribution in [0.5, 0.6) is 0 Å². The van der Waals surface area contributed by atoms with Crippen LogP contribution in [0.2, 0.25) is 0 Å². The lowest BCUT2D eigenvalue weighted by molar-refractivity contribution is -0.117. The number of carbonyl (C=O) groups excluding carboxylic acids is 1. The van der Waals surface area contributed by atoms with Crippen molar-refractivity contribution in [2.45, 2.75) is 13.0 Å². The number of halogens is 1. The number of furan rings is 1. The molecule has 0 fully saturated rings. The molecule has 88 valence electrons. The van der Waals surface area contributed by atoms with Gasteiger partial charge in [-0.2, -0.15) is 0 Å². The second kappa shape index (κ2) is 4.41. The van der Waals surface area contributed by atoms with E-state index >= 15 is 0 Å². The summed E-state index contributed by atoms with van der Waals surface area (Å²) in [5.74, 6) is -0.681. The molecule has 2 rings (SSSR count). The van der Waals surface area contributed by atoms with Gasteiger partial charge in [-0.05, 0) is 19.1 Å². The number of fused-ring (bicyclic) bond motifs is 1. The normalized spacial score (nSPS) is 12.4. The van der Waals surface area contributed by atoms with E-state index in [-0.39, 0.29) is 17.5 Å². The third kappa shape index (κ3) is 2.06. The summed E-state index contributed by atoms with van der Waals surface area (Å²) in [5, 5.41) is 3.37. The molecule has 1 N–H and O–H groups in total. The van der Waals surface area contributed by atoms with Gasteiger partial charge >= 0.3 is 0 Å². The average molecular weight is 233 g/mol. The molecule has 1 aromatic carbocycles. The van der Waals surface area contributed by atoms with Crippen molar-refractivity contribution in [3.63, 3.8) is 0 Å². The summed E-state index contributed by atoms with van der Waals surface area (Å²) in [6, 6.07) is 4.44. The predicted molar refractivity (Wildman–Crippen MR) is 62.9 cm³/mol. The smallest absolute Gasteiger partial charge is 0.243 e. The Morgan fingerprint density at radius 2 is 2.35 bits per heavy atom. The van der Waals surface area contributed by atoms with Gasteiger partial charge in [0, 0.05) is 10.9 Å². The van der Waals surface area contributed by atoms with Gasteiger partial charge in [0.15, 0.2) is 11.4 Å². The fraction of sp³-hybridized carbons (Fsp3) is 0.154. The molecule has 1 aromatic heterocycles. The first-order chi connectivity index (χ1) is 8.13. The highest BCUT2D eigenvalue weighted by atomic mass is 19.1. The van der Waals surface area contributed by atoms with E-state index in [1.807, 2.05) is 0 Å². The highest BCUT2D eigenvalue weighted by Crippen LogP contribution is 2.27. The van der Waals surface area contributed by atoms with Gasteiger partial charge in [-0.3, -0.25) is 4.79 Å². The second-order valence-electron chi connectivity index (χ2n) is 3.74. The van der Waals surface area contributed by atoms with Crippen LogP contribution >= 0.6 is 0 Å². The number of amides is 1. The topological polar surface area (TPSA) is 42.2 Å². The van der Waals surface area contributed by atoms with Gasteiger partial charge in [0.25, 0.3) is 0 Å². The van der Waals surface area contributed by atoms with Crippen LogP contribution in [-0.4, -0.2) is 5.91 Å². The van der Waals surface area contributed by atoms with E-state index in [2.05, 4.69) is 11.9 Å². The fourth-order valence-electron chi connectivity index (χ4n) is 1.73. The Kier molecular flexibility index (Phi) is 2.95. The second-order valence-corrected chi connectivity index (χ2v) is 3.74. The molecule has 0 aliphatic rings. The van der Waals surface area contributed by atoms with E-state index in [4.69, 9.17) is 4.42 Å². The zero-order valence-electron chi connectivity index (χ0n) is 9.37. The van der Waals surface area contributed by atoms with Gasteiger partial charge in [-0.1, -0.05) is 18.7 Å². The average Bonchev–Trinajstić information content (AvgIpc) is 2.74. The third-order valence-electron chi connectivity index (χ3n) is 2.59. The molecule has 0 unspecified atom stereocenters. The van der Waals surface area contributed by atoms with Gasteiger partial charge in [-0.15, -0.1) is 0 Å². The van der Waals surface area contributed by atoms with Crippen molar-refractivity contribution in [1.29, 1.82) is 0 Å². The van der Waals surface area contributed by atoms with E-state index in [0.717, 1.165) is 5.56 Å². The summed E-state index contributed by atoms with van der Waals surface area (Å²) in [6.45, 7) is 5.18. The van der Waals surface area contributed by atoms with Crippen LogP contribution in [-0.2, 0) is 4.79 Å². The Bertz CT molecular complexity index is 574. The van der Waals surface area contributed by atoms with E-state index < -0.39 is 5.82 Å². The Balaban J connectivity index is 2.39. The van der Waals surface area contributed by atoms with Crippen LogP contribution in [0, 0.1) is 5.82 Å². The van der Waals surface area contributed by atoms with Crippen molar-refractivity contribution in [3.05, 3.63) is 48.5 Å². The number of hydrogen-bond donors (Lipinski definition) is 1. The maximum atomic E-state index is 13.4. The minimum absolute atomic E-state index is 0.210. The summed E-state index contributed by atoms with van der Waals surface area (Å²) in [7, 11) is 0. The standard InChI is InChI=1S/C13H12FNO2/c1-3-12(16)15-8(2)10-7-17-13-9(10)5-4-6-11(13)14/h3-8H,1H2,2H3,(H,15,16)/t8-/m1/s1. The lowest BCUT2D eigenvalue weighted by Crippen LogP contribution is -2.24. The first-order valence-electron chi connectivity index (χ1n) is 5.22. The van der Waals surface area contributed by atoms with Gasteiger partial charge in [0.05, 0.1) is 12.3 Å². The SMILES string of the molecule is C=CC(=O)N[C@H](C)c1coc2c(F)cccc12. The Morgan fingerprint density at radius 1 is 1.59 bits per heavy atom. The van der Waals surface area contributed by atoms with Crippen molar-refractivity contribution in [3.8, 4) is 0 Å². The van der Waals surface area contributed by atoms with E-state index in [9.17, 15) is 9.18 Å². The molecule has 1 heterocycles. The quantitative estimate of drug-likeness (QED) is 0.828. The number of rotatable bonds is 3. The Hall–Kier alpha value is -2.10. The maximum absolute atomic E-state index is 13.4. The largest absolute Gasteiger partial charge is 0.461 e. The Morgan fingerprint density at radius 3 is 3.06 bits per heavy atom. The molecular weight excluding hydrogens is 221 g/mol. The van der Waals surface area contributed by atoms with Crippen LogP contribution in [0.4, 0.5) is 4.39 Å². The molecule has 17 heavy (non-hydrogen) atoms. The van der Waals surface area contributed by atoms with Gasteiger partial charge in [-0.25, -0.2) is 4.39 Å². The van der Waals surface area contributed by atoms with E-state index in [1.54, 1.807) is 19.1 Å². The lowest BCUT2D eigenvalue weighted by atomic mass is 10.1. The van der Waals surface area contributed by atoms with Crippen molar-refractivity contribution in [2.75, 3.05) is 0 Å². The maximum Gasteiger partial charge on any atom is 0.243 e. The lowest BCUT2D eigenvalue weighted by Gasteiger charge is -2.10. The summed E-state index contributed by atoms with van der Waals surface area (Å²) >= 11 is 0. The molecular formula is C13H12FNO2. The molecule has 0 radical (unpaired) electrons. The zero-order chi connectivity index (χ0) is 12.4. The number of para-hydroxylation sites is 1. The first-order valence-corrected chi connectivity index (χ1v) is 5.22. The van der Waals surface area contributed by atoms with Crippen LogP contribution in [0.15, 0.2) is 41.5 Å². The molecule has 0 aliphatic carbocycles. The van der Waals surface area contributed by atoms with Gasteiger partial charge in [0.1, 0.15) is 0 Å². The highest BCUT2D eigenvalue weighted by Gasteiger charge is 2.15. The number of carbonyl (C=O) groups is 1. The molecule has 0 saturated carbocycles. The molecule has 4 heteroatoms. The molecule has 3 nitrogen and oxygen atoms in total. The van der Waals surface area contributed by atoms with Crippen LogP contribution in [0.3, 0.4) is 0 Å². The molecule has 0 bridgehead atoms. The van der Waals surface area contributed by atoms with Crippen LogP contribution in [0.25, 0.3) is 11.0 Å². The summed E-state index contributed by atoms with van der Waals surface area (Å²) in [4.78, 5) is 11.2. The van der Waals surface area contributed by atoms with E-state index in [1.165, 1.54) is 18.4 Å². The summed E-state index contributed by atoms with van der Waals surface area (Å²) in [6.07, 6.45) is 2.65. The number of hydrogen-bond acceptors (Lipinski definition) is 2. The third-order valence-corrected chi connectivity index (χ3v) is 2.59. The minimum atomic E-state index is -0.406. The first kappa shape index (κ1) is 11.4. The Labute approximate surface area is 97.9 Å². The van der Waals surface area contributed by atoms with E-state index in [0.29, 0.717) is 5.39 Å². The van der Waals surface area contributed by atoms with Crippen molar-refractivity contribution in [1.82, 2.24) is 5.32 Å². The molecule has 0 aliphatic heterocycles. The molecule has 2 aromatic rings. The molecule has 1 amide bonds. The fourth-order valence-corrected chi connectivity index (χ4v) is 1.73. The molecule has 0 saturated heterocycles. The zero-order valence-corrected chi connectivity index (χ0v) is 9.37.